The van der Waals surface area contributed by atoms with Gasteiger partial charge in [-0.05, 0) is 48.4 Å². The second-order valence-electron chi connectivity index (χ2n) is 7.16. The number of benzene rings is 3. The molecule has 0 aliphatic carbocycles. The fourth-order valence-electron chi connectivity index (χ4n) is 3.44. The van der Waals surface area contributed by atoms with Gasteiger partial charge in [-0.15, -0.1) is 0 Å². The third kappa shape index (κ3) is 3.96. The van der Waals surface area contributed by atoms with E-state index in [2.05, 4.69) is 11.4 Å². The van der Waals surface area contributed by atoms with E-state index >= 15 is 0 Å². The Kier molecular flexibility index (Phi) is 5.35. The molecule has 5 heteroatoms. The first-order valence-electron chi connectivity index (χ1n) is 9.73. The van der Waals surface area contributed by atoms with Gasteiger partial charge < -0.3 is 10.1 Å². The number of fused-ring (bicyclic) bond motifs is 1. The Morgan fingerprint density at radius 2 is 1.80 bits per heavy atom. The number of anilines is 1. The molecule has 0 spiro atoms. The van der Waals surface area contributed by atoms with Gasteiger partial charge in [0.05, 0.1) is 12.2 Å². The van der Waals surface area contributed by atoms with Gasteiger partial charge >= 0.3 is 0 Å². The molecule has 0 radical (unpaired) electrons. The van der Waals surface area contributed by atoms with Crippen molar-refractivity contribution in [1.29, 1.82) is 0 Å². The third-order valence-corrected chi connectivity index (χ3v) is 4.95. The summed E-state index contributed by atoms with van der Waals surface area (Å²) in [5.74, 6) is 0.523. The molecule has 0 atom stereocenters. The van der Waals surface area contributed by atoms with Crippen LogP contribution in [0.3, 0.4) is 0 Å². The number of carbonyl (C=O) groups excluding carboxylic acids is 2. The Bertz CT molecular complexity index is 1130. The molecule has 4 rings (SSSR count). The Morgan fingerprint density at radius 1 is 1.03 bits per heavy atom. The van der Waals surface area contributed by atoms with Gasteiger partial charge in [0.25, 0.3) is 11.8 Å². The van der Waals surface area contributed by atoms with Crippen LogP contribution in [0, 0.1) is 6.92 Å². The third-order valence-electron chi connectivity index (χ3n) is 4.95. The molecule has 3 aromatic rings. The lowest BCUT2D eigenvalue weighted by atomic mass is 10.1. The zero-order valence-corrected chi connectivity index (χ0v) is 16.9. The minimum atomic E-state index is -0.203. The molecule has 2 amide bonds. The second kappa shape index (κ2) is 8.25. The van der Waals surface area contributed by atoms with Gasteiger partial charge in [0, 0.05) is 12.6 Å². The van der Waals surface area contributed by atoms with Crippen LogP contribution in [-0.4, -0.2) is 18.9 Å². The summed E-state index contributed by atoms with van der Waals surface area (Å²) in [5, 5.41) is 2.59. The lowest BCUT2D eigenvalue weighted by Crippen LogP contribution is -2.36. The van der Waals surface area contributed by atoms with Crippen LogP contribution in [-0.2, 0) is 11.3 Å². The molecule has 1 heterocycles. The van der Waals surface area contributed by atoms with Crippen LogP contribution in [0.2, 0.25) is 0 Å². The molecular weight excluding hydrogens is 376 g/mol. The van der Waals surface area contributed by atoms with E-state index in [4.69, 9.17) is 4.74 Å². The molecule has 0 saturated heterocycles. The molecule has 0 bridgehead atoms. The zero-order valence-electron chi connectivity index (χ0n) is 16.9. The molecule has 1 N–H and O–H groups in total. The van der Waals surface area contributed by atoms with E-state index in [1.165, 1.54) is 0 Å². The summed E-state index contributed by atoms with van der Waals surface area (Å²) in [6.45, 7) is 2.49. The van der Waals surface area contributed by atoms with Crippen LogP contribution in [0.4, 0.5) is 5.69 Å². The molecule has 5 nitrogen and oxygen atoms in total. The number of nitrogens with zero attached hydrogens (tertiary/aromatic N) is 1. The molecule has 3 aromatic carbocycles. The highest BCUT2D eigenvalue weighted by molar-refractivity contribution is 6.09. The van der Waals surface area contributed by atoms with Gasteiger partial charge in [-0.25, -0.2) is 0 Å². The Hall–Kier alpha value is -3.86. The van der Waals surface area contributed by atoms with Crippen molar-refractivity contribution in [3.63, 3.8) is 0 Å². The van der Waals surface area contributed by atoms with Crippen LogP contribution in [0.5, 0.6) is 5.75 Å². The maximum absolute atomic E-state index is 13.3. The summed E-state index contributed by atoms with van der Waals surface area (Å²) in [6, 6.07) is 22.7. The van der Waals surface area contributed by atoms with Crippen molar-refractivity contribution >= 4 is 23.6 Å². The molecular formula is C25H22N2O3. The minimum absolute atomic E-state index is 0.155. The number of ether oxygens (including phenoxy) is 1. The minimum Gasteiger partial charge on any atom is -0.449 e. The van der Waals surface area contributed by atoms with Crippen LogP contribution >= 0.6 is 0 Å². The van der Waals surface area contributed by atoms with E-state index in [1.807, 2.05) is 49.4 Å². The Morgan fingerprint density at radius 3 is 2.53 bits per heavy atom. The average molecular weight is 398 g/mol. The summed E-state index contributed by atoms with van der Waals surface area (Å²) in [5.41, 5.74) is 4.28. The monoisotopic (exact) mass is 398 g/mol. The summed E-state index contributed by atoms with van der Waals surface area (Å²) >= 11 is 0. The number of amides is 2. The van der Waals surface area contributed by atoms with Gasteiger partial charge in [0.2, 0.25) is 0 Å². The molecule has 0 aromatic heterocycles. The van der Waals surface area contributed by atoms with Crippen LogP contribution in [0.15, 0.2) is 78.6 Å². The summed E-state index contributed by atoms with van der Waals surface area (Å²) < 4.78 is 5.93. The Labute approximate surface area is 175 Å². The summed E-state index contributed by atoms with van der Waals surface area (Å²) in [6.07, 6.45) is 1.70. The van der Waals surface area contributed by atoms with Gasteiger partial charge in [-0.1, -0.05) is 54.1 Å². The lowest BCUT2D eigenvalue weighted by molar-refractivity contribution is -0.117. The fraction of sp³-hybridized carbons (Fsp3) is 0.120. The van der Waals surface area contributed by atoms with Crippen LogP contribution in [0.25, 0.3) is 6.08 Å². The first-order chi connectivity index (χ1) is 14.5. The highest BCUT2D eigenvalue weighted by atomic mass is 16.5. The normalized spacial score (nSPS) is 14.3. The molecule has 1 aliphatic rings. The zero-order chi connectivity index (χ0) is 21.1. The van der Waals surface area contributed by atoms with E-state index in [-0.39, 0.29) is 17.6 Å². The largest absolute Gasteiger partial charge is 0.449 e. The lowest BCUT2D eigenvalue weighted by Gasteiger charge is -2.30. The smallest absolute Gasteiger partial charge is 0.294 e. The number of para-hydroxylation sites is 2. The number of aryl methyl sites for hydroxylation is 1. The predicted molar refractivity (Wildman–Crippen MR) is 117 cm³/mol. The maximum atomic E-state index is 13.3. The van der Waals surface area contributed by atoms with Gasteiger partial charge in [-0.2, -0.15) is 0 Å². The predicted octanol–water partition coefficient (Wildman–Crippen LogP) is 4.32. The molecule has 1 aliphatic heterocycles. The van der Waals surface area contributed by atoms with Crippen molar-refractivity contribution in [3.05, 3.63) is 101 Å². The van der Waals surface area contributed by atoms with Crippen molar-refractivity contribution in [2.45, 2.75) is 13.5 Å². The van der Waals surface area contributed by atoms with E-state index in [0.29, 0.717) is 17.9 Å². The van der Waals surface area contributed by atoms with Gasteiger partial charge in [-0.3, -0.25) is 14.5 Å². The highest BCUT2D eigenvalue weighted by Crippen LogP contribution is 2.36. The molecule has 0 fully saturated rings. The average Bonchev–Trinajstić information content (AvgIpc) is 2.76. The highest BCUT2D eigenvalue weighted by Gasteiger charge is 2.30. The molecule has 0 unspecified atom stereocenters. The second-order valence-corrected chi connectivity index (χ2v) is 7.16. The topological polar surface area (TPSA) is 58.6 Å². The van der Waals surface area contributed by atoms with Gasteiger partial charge in [0.1, 0.15) is 0 Å². The van der Waals surface area contributed by atoms with E-state index in [0.717, 1.165) is 22.4 Å². The van der Waals surface area contributed by atoms with Gasteiger partial charge in [0.15, 0.2) is 11.5 Å². The fourth-order valence-corrected chi connectivity index (χ4v) is 3.44. The van der Waals surface area contributed by atoms with E-state index in [9.17, 15) is 9.59 Å². The van der Waals surface area contributed by atoms with Crippen molar-refractivity contribution in [3.8, 4) is 5.75 Å². The maximum Gasteiger partial charge on any atom is 0.294 e. The number of rotatable bonds is 4. The number of carbonyl (C=O) groups is 2. The van der Waals surface area contributed by atoms with Crippen LogP contribution < -0.4 is 15.0 Å². The number of hydrogen-bond donors (Lipinski definition) is 1. The first kappa shape index (κ1) is 19.5. The first-order valence-corrected chi connectivity index (χ1v) is 9.73. The van der Waals surface area contributed by atoms with Crippen LogP contribution in [0.1, 0.15) is 27.0 Å². The standard InChI is InChI=1S/C25H22N2O3/c1-17-6-5-7-19(14-17)16-27-21-8-3-4-9-22(21)30-23(25(27)29)15-18-10-12-20(13-11-18)24(28)26-2/h3-15H,16H2,1-2H3,(H,26,28). The number of nitrogens with one attached hydrogen (secondary N) is 1. The van der Waals surface area contributed by atoms with E-state index in [1.54, 1.807) is 42.3 Å². The summed E-state index contributed by atoms with van der Waals surface area (Å²) in [4.78, 5) is 26.7. The SMILES string of the molecule is CNC(=O)c1ccc(C=C2Oc3ccccc3N(Cc3cccc(C)c3)C2=O)cc1. The molecule has 0 saturated carbocycles. The Balaban J connectivity index is 1.68. The van der Waals surface area contributed by atoms with Crippen molar-refractivity contribution in [2.75, 3.05) is 11.9 Å². The summed E-state index contributed by atoms with van der Waals surface area (Å²) in [7, 11) is 1.59. The van der Waals surface area contributed by atoms with Crippen molar-refractivity contribution in [2.24, 2.45) is 0 Å². The van der Waals surface area contributed by atoms with Crippen molar-refractivity contribution < 1.29 is 14.3 Å². The molecule has 150 valence electrons. The number of hydrogen-bond acceptors (Lipinski definition) is 3. The van der Waals surface area contributed by atoms with E-state index < -0.39 is 0 Å². The quantitative estimate of drug-likeness (QED) is 0.666. The van der Waals surface area contributed by atoms with Crippen molar-refractivity contribution in [1.82, 2.24) is 5.32 Å². The molecule has 30 heavy (non-hydrogen) atoms.